The summed E-state index contributed by atoms with van der Waals surface area (Å²) in [5.41, 5.74) is 0. The molecule has 0 aromatic carbocycles. The van der Waals surface area contributed by atoms with E-state index in [9.17, 15) is 4.79 Å². The molecule has 0 aliphatic carbocycles. The summed E-state index contributed by atoms with van der Waals surface area (Å²) >= 11 is 0. The van der Waals surface area contributed by atoms with Gasteiger partial charge in [0, 0.05) is 33.2 Å². The van der Waals surface area contributed by atoms with Crippen LogP contribution >= 0.6 is 0 Å². The van der Waals surface area contributed by atoms with Crippen LogP contribution in [0.5, 0.6) is 0 Å². The van der Waals surface area contributed by atoms with E-state index in [2.05, 4.69) is 17.1 Å². The molecule has 2 rings (SSSR count). The summed E-state index contributed by atoms with van der Waals surface area (Å²) in [6.07, 6.45) is 0. The number of rotatable bonds is 1. The zero-order valence-corrected chi connectivity index (χ0v) is 8.99. The third kappa shape index (κ3) is 1.59. The van der Waals surface area contributed by atoms with E-state index in [1.807, 2.05) is 4.90 Å². The van der Waals surface area contributed by atoms with Crippen LogP contribution in [0.2, 0.25) is 0 Å². The smallest absolute Gasteiger partial charge is 0.317 e. The number of carbonyl (C=O) groups is 1. The molecule has 0 saturated carbocycles. The monoisotopic (exact) mass is 197 g/mol. The summed E-state index contributed by atoms with van der Waals surface area (Å²) in [6.45, 7) is 7.59. The van der Waals surface area contributed by atoms with Crippen molar-refractivity contribution in [3.05, 3.63) is 0 Å². The van der Waals surface area contributed by atoms with Crippen LogP contribution < -0.4 is 5.32 Å². The van der Waals surface area contributed by atoms with E-state index in [4.69, 9.17) is 0 Å². The molecular formula is C10H19N3O. The predicted octanol–water partition coefficient (Wildman–Crippen LogP) is 0.209. The maximum absolute atomic E-state index is 11.4. The molecule has 0 aromatic heterocycles. The van der Waals surface area contributed by atoms with Gasteiger partial charge in [-0.1, -0.05) is 6.92 Å². The lowest BCUT2D eigenvalue weighted by Gasteiger charge is -2.19. The number of hydrogen-bond acceptors (Lipinski definition) is 2. The van der Waals surface area contributed by atoms with Gasteiger partial charge in [0.2, 0.25) is 0 Å². The summed E-state index contributed by atoms with van der Waals surface area (Å²) in [6, 6.07) is 0.0856. The first-order valence-corrected chi connectivity index (χ1v) is 5.43. The van der Waals surface area contributed by atoms with E-state index in [0.717, 1.165) is 19.6 Å². The standard InChI is InChI=1S/C10H19N3O/c1-3-12-4-8-6-13(10(14)11-2)7-9(8)5-12/h8-9H,3-7H2,1-2H3,(H,11,14). The maximum Gasteiger partial charge on any atom is 0.317 e. The number of urea groups is 1. The lowest BCUT2D eigenvalue weighted by Crippen LogP contribution is -2.38. The van der Waals surface area contributed by atoms with Gasteiger partial charge in [-0.3, -0.25) is 0 Å². The third-order valence-electron chi connectivity index (χ3n) is 3.51. The minimum atomic E-state index is 0.0856. The molecular weight excluding hydrogens is 178 g/mol. The average molecular weight is 197 g/mol. The van der Waals surface area contributed by atoms with E-state index in [1.54, 1.807) is 7.05 Å². The lowest BCUT2D eigenvalue weighted by atomic mass is 10.0. The Bertz CT molecular complexity index is 217. The quantitative estimate of drug-likeness (QED) is 0.652. The first-order chi connectivity index (χ1) is 6.74. The Hall–Kier alpha value is -0.770. The number of amides is 2. The molecule has 2 saturated heterocycles. The highest BCUT2D eigenvalue weighted by molar-refractivity contribution is 5.74. The van der Waals surface area contributed by atoms with Gasteiger partial charge in [0.1, 0.15) is 0 Å². The molecule has 14 heavy (non-hydrogen) atoms. The van der Waals surface area contributed by atoms with Crippen molar-refractivity contribution in [1.82, 2.24) is 15.1 Å². The number of hydrogen-bond donors (Lipinski definition) is 1. The van der Waals surface area contributed by atoms with Crippen molar-refractivity contribution in [2.45, 2.75) is 6.92 Å². The largest absolute Gasteiger partial charge is 0.341 e. The summed E-state index contributed by atoms with van der Waals surface area (Å²) < 4.78 is 0. The normalized spacial score (nSPS) is 32.0. The van der Waals surface area contributed by atoms with E-state index in [1.165, 1.54) is 13.1 Å². The Labute approximate surface area is 85.2 Å². The van der Waals surface area contributed by atoms with E-state index < -0.39 is 0 Å². The molecule has 2 amide bonds. The fourth-order valence-electron chi connectivity index (χ4n) is 2.67. The van der Waals surface area contributed by atoms with Gasteiger partial charge in [0.25, 0.3) is 0 Å². The van der Waals surface area contributed by atoms with Gasteiger partial charge in [-0.15, -0.1) is 0 Å². The number of carbonyl (C=O) groups excluding carboxylic acids is 1. The van der Waals surface area contributed by atoms with Crippen LogP contribution in [0.3, 0.4) is 0 Å². The molecule has 80 valence electrons. The SMILES string of the molecule is CCN1CC2CN(C(=O)NC)CC2C1. The molecule has 2 fully saturated rings. The van der Waals surface area contributed by atoms with Gasteiger partial charge in [0.15, 0.2) is 0 Å². The molecule has 0 bridgehead atoms. The highest BCUT2D eigenvalue weighted by atomic mass is 16.2. The Kier molecular flexibility index (Phi) is 2.63. The van der Waals surface area contributed by atoms with Crippen molar-refractivity contribution in [2.75, 3.05) is 39.8 Å². The molecule has 2 atom stereocenters. The second-order valence-corrected chi connectivity index (χ2v) is 4.33. The molecule has 1 N–H and O–H groups in total. The van der Waals surface area contributed by atoms with Crippen LogP contribution in [-0.2, 0) is 0 Å². The highest BCUT2D eigenvalue weighted by Crippen LogP contribution is 2.30. The van der Waals surface area contributed by atoms with Gasteiger partial charge in [-0.25, -0.2) is 4.79 Å². The average Bonchev–Trinajstić information content (AvgIpc) is 2.72. The van der Waals surface area contributed by atoms with Crippen LogP contribution in [0.25, 0.3) is 0 Å². The van der Waals surface area contributed by atoms with E-state index in [0.29, 0.717) is 11.8 Å². The Morgan fingerprint density at radius 2 is 1.86 bits per heavy atom. The molecule has 2 aliphatic rings. The predicted molar refractivity (Wildman–Crippen MR) is 55.1 cm³/mol. The zero-order valence-electron chi connectivity index (χ0n) is 8.99. The van der Waals surface area contributed by atoms with Gasteiger partial charge in [-0.05, 0) is 18.4 Å². The van der Waals surface area contributed by atoms with Crippen LogP contribution in [-0.4, -0.2) is 55.6 Å². The summed E-state index contributed by atoms with van der Waals surface area (Å²) in [5.74, 6) is 1.43. The summed E-state index contributed by atoms with van der Waals surface area (Å²) in [5, 5.41) is 2.69. The van der Waals surface area contributed by atoms with Crippen molar-refractivity contribution < 1.29 is 4.79 Å². The molecule has 2 unspecified atom stereocenters. The van der Waals surface area contributed by atoms with Gasteiger partial charge in [-0.2, -0.15) is 0 Å². The summed E-state index contributed by atoms with van der Waals surface area (Å²) in [4.78, 5) is 15.8. The van der Waals surface area contributed by atoms with Crippen molar-refractivity contribution in [3.8, 4) is 0 Å². The Morgan fingerprint density at radius 1 is 1.29 bits per heavy atom. The Morgan fingerprint density at radius 3 is 2.29 bits per heavy atom. The van der Waals surface area contributed by atoms with Crippen LogP contribution in [0, 0.1) is 11.8 Å². The second-order valence-electron chi connectivity index (χ2n) is 4.33. The van der Waals surface area contributed by atoms with Crippen molar-refractivity contribution in [2.24, 2.45) is 11.8 Å². The number of nitrogens with one attached hydrogen (secondary N) is 1. The second kappa shape index (κ2) is 3.77. The maximum atomic E-state index is 11.4. The van der Waals surface area contributed by atoms with Gasteiger partial charge < -0.3 is 15.1 Å². The van der Waals surface area contributed by atoms with Crippen molar-refractivity contribution in [3.63, 3.8) is 0 Å². The third-order valence-corrected chi connectivity index (χ3v) is 3.51. The molecule has 2 heterocycles. The first-order valence-electron chi connectivity index (χ1n) is 5.43. The number of nitrogens with zero attached hydrogens (tertiary/aromatic N) is 2. The fourth-order valence-corrected chi connectivity index (χ4v) is 2.67. The van der Waals surface area contributed by atoms with Crippen molar-refractivity contribution in [1.29, 1.82) is 0 Å². The van der Waals surface area contributed by atoms with Crippen LogP contribution in [0.15, 0.2) is 0 Å². The zero-order chi connectivity index (χ0) is 10.1. The molecule has 0 radical (unpaired) electrons. The molecule has 0 spiro atoms. The first kappa shape index (κ1) is 9.77. The van der Waals surface area contributed by atoms with Gasteiger partial charge >= 0.3 is 6.03 Å². The molecule has 4 heteroatoms. The van der Waals surface area contributed by atoms with Gasteiger partial charge in [0.05, 0.1) is 0 Å². The van der Waals surface area contributed by atoms with Crippen LogP contribution in [0.4, 0.5) is 4.79 Å². The summed E-state index contributed by atoms with van der Waals surface area (Å²) in [7, 11) is 1.70. The molecule has 2 aliphatic heterocycles. The molecule has 0 aromatic rings. The number of likely N-dealkylation sites (tertiary alicyclic amines) is 2. The van der Waals surface area contributed by atoms with E-state index in [-0.39, 0.29) is 6.03 Å². The van der Waals surface area contributed by atoms with Crippen molar-refractivity contribution >= 4 is 6.03 Å². The Balaban J connectivity index is 1.90. The minimum Gasteiger partial charge on any atom is -0.341 e. The fraction of sp³-hybridized carbons (Fsp3) is 0.900. The molecule has 4 nitrogen and oxygen atoms in total. The minimum absolute atomic E-state index is 0.0856. The van der Waals surface area contributed by atoms with E-state index >= 15 is 0 Å². The topological polar surface area (TPSA) is 35.6 Å². The van der Waals surface area contributed by atoms with Crippen LogP contribution in [0.1, 0.15) is 6.92 Å². The highest BCUT2D eigenvalue weighted by Gasteiger charge is 2.40. The number of fused-ring (bicyclic) bond motifs is 1. The lowest BCUT2D eigenvalue weighted by molar-refractivity contribution is 0.202.